The van der Waals surface area contributed by atoms with E-state index in [9.17, 15) is 13.2 Å². The molecule has 2 atom stereocenters. The van der Waals surface area contributed by atoms with Crippen molar-refractivity contribution in [2.45, 2.75) is 37.1 Å². The van der Waals surface area contributed by atoms with Crippen molar-refractivity contribution in [3.05, 3.63) is 53.1 Å². The minimum absolute atomic E-state index is 0.139. The topological polar surface area (TPSA) is 60.0 Å². The lowest BCUT2D eigenvalue weighted by Gasteiger charge is -2.37. The summed E-state index contributed by atoms with van der Waals surface area (Å²) in [7, 11) is 1.99. The first-order chi connectivity index (χ1) is 13.9. The summed E-state index contributed by atoms with van der Waals surface area (Å²) in [5, 5.41) is 0. The number of nitrogens with two attached hydrogens (primary N) is 1. The van der Waals surface area contributed by atoms with Crippen molar-refractivity contribution >= 4 is 17.0 Å². The molecule has 0 bridgehead atoms. The second-order valence-corrected chi connectivity index (χ2v) is 8.11. The van der Waals surface area contributed by atoms with Gasteiger partial charge >= 0.3 is 0 Å². The first kappa shape index (κ1) is 18.4. The number of nitrogens with zero attached hydrogens (tertiary/aromatic N) is 4. The molecule has 8 heteroatoms. The highest BCUT2D eigenvalue weighted by molar-refractivity contribution is 5.74. The van der Waals surface area contributed by atoms with E-state index in [1.807, 2.05) is 19.2 Å². The summed E-state index contributed by atoms with van der Waals surface area (Å²) < 4.78 is 43.1. The molecule has 29 heavy (non-hydrogen) atoms. The Morgan fingerprint density at radius 2 is 1.76 bits per heavy atom. The van der Waals surface area contributed by atoms with E-state index in [1.54, 1.807) is 0 Å². The Morgan fingerprint density at radius 1 is 1.00 bits per heavy atom. The number of anilines is 1. The van der Waals surface area contributed by atoms with Crippen LogP contribution in [0, 0.1) is 17.5 Å². The Hall–Kier alpha value is -2.61. The standard InChI is InChI=1S/C21H22F3N5/c1-28-20(11-2-3-11)26-18-4-5-19(27-21(18)28)29-7-6-12(17(25)10-29)13-8-15(23)16(24)9-14(13)22/h4-5,8-9,11-12,17H,2-3,6-7,10,25H2,1H3/t12-,17+/m1/s1. The van der Waals surface area contributed by atoms with E-state index < -0.39 is 23.5 Å². The van der Waals surface area contributed by atoms with Crippen molar-refractivity contribution < 1.29 is 13.2 Å². The second-order valence-electron chi connectivity index (χ2n) is 8.11. The Labute approximate surface area is 166 Å². The van der Waals surface area contributed by atoms with Gasteiger partial charge in [0.15, 0.2) is 17.3 Å². The Morgan fingerprint density at radius 3 is 2.48 bits per heavy atom. The molecule has 5 nitrogen and oxygen atoms in total. The summed E-state index contributed by atoms with van der Waals surface area (Å²) in [5.74, 6) is -0.949. The van der Waals surface area contributed by atoms with Gasteiger partial charge in [-0.2, -0.15) is 0 Å². The number of aromatic nitrogens is 3. The lowest BCUT2D eigenvalue weighted by atomic mass is 9.85. The lowest BCUT2D eigenvalue weighted by Crippen LogP contribution is -2.48. The molecule has 0 spiro atoms. The first-order valence-electron chi connectivity index (χ1n) is 9.90. The van der Waals surface area contributed by atoms with E-state index in [1.165, 1.54) is 12.8 Å². The van der Waals surface area contributed by atoms with E-state index in [-0.39, 0.29) is 11.5 Å². The number of piperidine rings is 1. The van der Waals surface area contributed by atoms with Gasteiger partial charge in [0.2, 0.25) is 0 Å². The fraction of sp³-hybridized carbons (Fsp3) is 0.429. The van der Waals surface area contributed by atoms with Crippen molar-refractivity contribution in [2.75, 3.05) is 18.0 Å². The van der Waals surface area contributed by atoms with Crippen LogP contribution in [0.1, 0.15) is 42.5 Å². The molecule has 0 amide bonds. The van der Waals surface area contributed by atoms with Crippen LogP contribution in [0.3, 0.4) is 0 Å². The van der Waals surface area contributed by atoms with E-state index in [0.29, 0.717) is 31.5 Å². The normalized spacial score (nSPS) is 22.4. The highest BCUT2D eigenvalue weighted by Gasteiger charge is 2.32. The number of halogens is 3. The third-order valence-electron chi connectivity index (χ3n) is 6.10. The minimum atomic E-state index is -1.18. The summed E-state index contributed by atoms with van der Waals surface area (Å²) >= 11 is 0. The summed E-state index contributed by atoms with van der Waals surface area (Å²) in [6, 6.07) is 5.01. The molecule has 0 radical (unpaired) electrons. The molecule has 2 aromatic heterocycles. The van der Waals surface area contributed by atoms with Crippen LogP contribution < -0.4 is 10.6 Å². The largest absolute Gasteiger partial charge is 0.355 e. The summed E-state index contributed by atoms with van der Waals surface area (Å²) in [6.45, 7) is 1.05. The predicted molar refractivity (Wildman–Crippen MR) is 104 cm³/mol. The quantitative estimate of drug-likeness (QED) is 0.682. The Kier molecular flexibility index (Phi) is 4.27. The van der Waals surface area contributed by atoms with Gasteiger partial charge in [0, 0.05) is 44.1 Å². The SMILES string of the molecule is Cn1c(C2CC2)nc2ccc(N3CC[C@H](c4cc(F)c(F)cc4F)[C@@H](N)C3)nc21. The van der Waals surface area contributed by atoms with Gasteiger partial charge in [-0.3, -0.25) is 0 Å². The molecule has 2 fully saturated rings. The van der Waals surface area contributed by atoms with Crippen molar-refractivity contribution in [2.24, 2.45) is 12.8 Å². The third kappa shape index (κ3) is 3.15. The van der Waals surface area contributed by atoms with Crippen LogP contribution in [0.5, 0.6) is 0 Å². The molecule has 1 aliphatic carbocycles. The zero-order valence-corrected chi connectivity index (χ0v) is 16.1. The summed E-state index contributed by atoms with van der Waals surface area (Å²) in [4.78, 5) is 11.6. The number of hydrogen-bond acceptors (Lipinski definition) is 4. The molecule has 5 rings (SSSR count). The van der Waals surface area contributed by atoms with Gasteiger partial charge < -0.3 is 15.2 Å². The number of rotatable bonds is 3. The lowest BCUT2D eigenvalue weighted by molar-refractivity contribution is 0.416. The molecule has 1 saturated heterocycles. The number of imidazole rings is 1. The van der Waals surface area contributed by atoms with Crippen LogP contribution in [-0.2, 0) is 7.05 Å². The monoisotopic (exact) mass is 401 g/mol. The fourth-order valence-electron chi connectivity index (χ4n) is 4.35. The van der Waals surface area contributed by atoms with Gasteiger partial charge in [-0.25, -0.2) is 23.1 Å². The maximum atomic E-state index is 14.2. The predicted octanol–water partition coefficient (Wildman–Crippen LogP) is 3.58. The number of hydrogen-bond donors (Lipinski definition) is 1. The molecule has 3 heterocycles. The smallest absolute Gasteiger partial charge is 0.162 e. The fourth-order valence-corrected chi connectivity index (χ4v) is 4.35. The number of aryl methyl sites for hydroxylation is 1. The van der Waals surface area contributed by atoms with Gasteiger partial charge in [0.1, 0.15) is 23.0 Å². The maximum Gasteiger partial charge on any atom is 0.162 e. The number of pyridine rings is 1. The third-order valence-corrected chi connectivity index (χ3v) is 6.10. The molecular weight excluding hydrogens is 379 g/mol. The van der Waals surface area contributed by atoms with Crippen LogP contribution in [-0.4, -0.2) is 33.7 Å². The molecule has 1 aliphatic heterocycles. The average Bonchev–Trinajstić information content (AvgIpc) is 3.49. The van der Waals surface area contributed by atoms with Crippen molar-refractivity contribution in [1.82, 2.24) is 14.5 Å². The van der Waals surface area contributed by atoms with Gasteiger partial charge in [-0.15, -0.1) is 0 Å². The molecule has 2 N–H and O–H groups in total. The molecule has 1 saturated carbocycles. The van der Waals surface area contributed by atoms with Crippen molar-refractivity contribution in [3.63, 3.8) is 0 Å². The molecule has 3 aromatic rings. The highest BCUT2D eigenvalue weighted by Crippen LogP contribution is 2.40. The Balaban J connectivity index is 1.39. The van der Waals surface area contributed by atoms with E-state index in [0.717, 1.165) is 28.9 Å². The van der Waals surface area contributed by atoms with Gasteiger partial charge in [0.25, 0.3) is 0 Å². The van der Waals surface area contributed by atoms with Crippen LogP contribution >= 0.6 is 0 Å². The molecule has 152 valence electrons. The zero-order valence-electron chi connectivity index (χ0n) is 16.1. The van der Waals surface area contributed by atoms with Gasteiger partial charge in [0.05, 0.1) is 0 Å². The van der Waals surface area contributed by atoms with Gasteiger partial charge in [-0.1, -0.05) is 0 Å². The van der Waals surface area contributed by atoms with E-state index in [4.69, 9.17) is 15.7 Å². The highest BCUT2D eigenvalue weighted by atomic mass is 19.2. The molecule has 2 aliphatic rings. The van der Waals surface area contributed by atoms with Gasteiger partial charge in [-0.05, 0) is 43.0 Å². The molecule has 0 unspecified atom stereocenters. The van der Waals surface area contributed by atoms with Crippen molar-refractivity contribution in [1.29, 1.82) is 0 Å². The van der Waals surface area contributed by atoms with Crippen molar-refractivity contribution in [3.8, 4) is 0 Å². The summed E-state index contributed by atoms with van der Waals surface area (Å²) in [6.07, 6.45) is 2.88. The first-order valence-corrected chi connectivity index (χ1v) is 9.90. The Bertz CT molecular complexity index is 1090. The van der Waals surface area contributed by atoms with E-state index in [2.05, 4.69) is 9.47 Å². The van der Waals surface area contributed by atoms with Crippen LogP contribution in [0.4, 0.5) is 19.0 Å². The van der Waals surface area contributed by atoms with Crippen LogP contribution in [0.2, 0.25) is 0 Å². The molecule has 1 aromatic carbocycles. The van der Waals surface area contributed by atoms with Crippen LogP contribution in [0.15, 0.2) is 24.3 Å². The van der Waals surface area contributed by atoms with E-state index >= 15 is 0 Å². The van der Waals surface area contributed by atoms with Crippen LogP contribution in [0.25, 0.3) is 11.2 Å². The molecular formula is C21H22F3N5. The second kappa shape index (κ2) is 6.73. The average molecular weight is 401 g/mol. The number of benzene rings is 1. The summed E-state index contributed by atoms with van der Waals surface area (Å²) in [5.41, 5.74) is 8.18. The number of fused-ring (bicyclic) bond motifs is 1. The minimum Gasteiger partial charge on any atom is -0.355 e. The zero-order chi connectivity index (χ0) is 20.3. The maximum absolute atomic E-state index is 14.2.